The van der Waals surface area contributed by atoms with Crippen molar-refractivity contribution in [1.29, 1.82) is 5.26 Å². The van der Waals surface area contributed by atoms with Gasteiger partial charge < -0.3 is 14.1 Å². The van der Waals surface area contributed by atoms with Gasteiger partial charge in [0, 0.05) is 18.0 Å². The van der Waals surface area contributed by atoms with Gasteiger partial charge in [0.2, 0.25) is 0 Å². The Morgan fingerprint density at radius 3 is 2.95 bits per heavy atom. The zero-order valence-electron chi connectivity index (χ0n) is 12.7. The molecule has 1 saturated carbocycles. The summed E-state index contributed by atoms with van der Waals surface area (Å²) < 4.78 is 10.7. The van der Waals surface area contributed by atoms with E-state index < -0.39 is 0 Å². The predicted molar refractivity (Wildman–Crippen MR) is 81.6 cm³/mol. The minimum absolute atomic E-state index is 0.0726. The molecular weight excluding hydrogens is 280 g/mol. The fourth-order valence-electron chi connectivity index (χ4n) is 2.58. The lowest BCUT2D eigenvalue weighted by atomic mass is 10.1. The molecule has 1 aromatic carbocycles. The van der Waals surface area contributed by atoms with Crippen LogP contribution in [0.5, 0.6) is 5.75 Å². The van der Waals surface area contributed by atoms with Crippen molar-refractivity contribution < 1.29 is 13.9 Å². The van der Waals surface area contributed by atoms with Crippen LogP contribution in [0, 0.1) is 17.2 Å². The van der Waals surface area contributed by atoms with Gasteiger partial charge in [-0.15, -0.1) is 0 Å². The van der Waals surface area contributed by atoms with Gasteiger partial charge in [0.15, 0.2) is 0 Å². The Bertz CT molecular complexity index is 740. The molecule has 2 aromatic rings. The normalized spacial score (nSPS) is 15.3. The standard InChI is InChI=1S/C17H18N2O3/c1-11(8-18)9-19(12-3-4-12)17(20)15-10-22-16-6-5-13(21-2)7-14(15)16/h5-7,10-12H,3-4,9H2,1-2H3. The van der Waals surface area contributed by atoms with Gasteiger partial charge in [0.25, 0.3) is 5.91 Å². The van der Waals surface area contributed by atoms with E-state index in [0.717, 1.165) is 18.2 Å². The van der Waals surface area contributed by atoms with Crippen molar-refractivity contribution in [2.24, 2.45) is 5.92 Å². The van der Waals surface area contributed by atoms with Crippen molar-refractivity contribution in [2.45, 2.75) is 25.8 Å². The van der Waals surface area contributed by atoms with E-state index in [1.165, 1.54) is 6.26 Å². The summed E-state index contributed by atoms with van der Waals surface area (Å²) in [5.41, 5.74) is 1.19. The number of hydrogen-bond donors (Lipinski definition) is 0. The molecule has 22 heavy (non-hydrogen) atoms. The van der Waals surface area contributed by atoms with Gasteiger partial charge in [-0.25, -0.2) is 0 Å². The van der Waals surface area contributed by atoms with E-state index in [1.54, 1.807) is 24.1 Å². The van der Waals surface area contributed by atoms with Gasteiger partial charge in [-0.05, 0) is 38.0 Å². The minimum Gasteiger partial charge on any atom is -0.497 e. The molecule has 5 nitrogen and oxygen atoms in total. The van der Waals surface area contributed by atoms with E-state index in [2.05, 4.69) is 6.07 Å². The van der Waals surface area contributed by atoms with Crippen molar-refractivity contribution in [2.75, 3.05) is 13.7 Å². The van der Waals surface area contributed by atoms with Crippen LogP contribution in [0.4, 0.5) is 0 Å². The minimum atomic E-state index is -0.183. The van der Waals surface area contributed by atoms with E-state index in [-0.39, 0.29) is 17.9 Å². The van der Waals surface area contributed by atoms with E-state index in [0.29, 0.717) is 23.4 Å². The van der Waals surface area contributed by atoms with Crippen molar-refractivity contribution in [3.8, 4) is 11.8 Å². The average Bonchev–Trinajstić information content (AvgIpc) is 3.30. The monoisotopic (exact) mass is 298 g/mol. The lowest BCUT2D eigenvalue weighted by Crippen LogP contribution is -2.36. The summed E-state index contributed by atoms with van der Waals surface area (Å²) in [5.74, 6) is 0.431. The number of ether oxygens (including phenoxy) is 1. The van der Waals surface area contributed by atoms with Crippen LogP contribution in [0.2, 0.25) is 0 Å². The molecule has 1 fully saturated rings. The summed E-state index contributed by atoms with van der Waals surface area (Å²) in [4.78, 5) is 14.7. The second-order valence-corrected chi connectivity index (χ2v) is 5.73. The zero-order valence-corrected chi connectivity index (χ0v) is 12.7. The number of carbonyl (C=O) groups excluding carboxylic acids is 1. The van der Waals surface area contributed by atoms with Crippen molar-refractivity contribution in [3.63, 3.8) is 0 Å². The first-order valence-electron chi connectivity index (χ1n) is 7.40. The Morgan fingerprint density at radius 2 is 2.32 bits per heavy atom. The molecule has 1 atom stereocenters. The maximum Gasteiger partial charge on any atom is 0.258 e. The van der Waals surface area contributed by atoms with E-state index in [9.17, 15) is 4.79 Å². The molecule has 5 heteroatoms. The van der Waals surface area contributed by atoms with Gasteiger partial charge >= 0.3 is 0 Å². The number of amides is 1. The number of rotatable bonds is 5. The molecule has 1 aromatic heterocycles. The maximum atomic E-state index is 12.9. The highest BCUT2D eigenvalue weighted by molar-refractivity contribution is 6.06. The maximum absolute atomic E-state index is 12.9. The number of benzene rings is 1. The number of carbonyl (C=O) groups is 1. The lowest BCUT2D eigenvalue weighted by molar-refractivity contribution is 0.0731. The van der Waals surface area contributed by atoms with Gasteiger partial charge in [0.1, 0.15) is 17.6 Å². The molecule has 1 unspecified atom stereocenters. The molecule has 3 rings (SSSR count). The fourth-order valence-corrected chi connectivity index (χ4v) is 2.58. The number of nitrogens with zero attached hydrogens (tertiary/aromatic N) is 2. The van der Waals surface area contributed by atoms with Gasteiger partial charge in [-0.3, -0.25) is 4.79 Å². The fraction of sp³-hybridized carbons (Fsp3) is 0.412. The summed E-state index contributed by atoms with van der Waals surface area (Å²) in [6.07, 6.45) is 3.50. The number of furan rings is 1. The number of fused-ring (bicyclic) bond motifs is 1. The molecule has 0 N–H and O–H groups in total. The second kappa shape index (κ2) is 5.72. The summed E-state index contributed by atoms with van der Waals surface area (Å²) >= 11 is 0. The van der Waals surface area contributed by atoms with Crippen LogP contribution in [0.15, 0.2) is 28.9 Å². The second-order valence-electron chi connectivity index (χ2n) is 5.73. The average molecular weight is 298 g/mol. The Hall–Kier alpha value is -2.48. The van der Waals surface area contributed by atoms with Crippen LogP contribution in [0.25, 0.3) is 11.0 Å². The Balaban J connectivity index is 1.94. The summed E-state index contributed by atoms with van der Waals surface area (Å²) in [6, 6.07) is 7.85. The molecule has 0 radical (unpaired) electrons. The summed E-state index contributed by atoms with van der Waals surface area (Å²) in [6.45, 7) is 2.29. The van der Waals surface area contributed by atoms with Crippen LogP contribution in [0.1, 0.15) is 30.1 Å². The predicted octanol–water partition coefficient (Wildman–Crippen LogP) is 3.21. The van der Waals surface area contributed by atoms with Crippen LogP contribution >= 0.6 is 0 Å². The van der Waals surface area contributed by atoms with Crippen LogP contribution in [-0.4, -0.2) is 30.5 Å². The van der Waals surface area contributed by atoms with Crippen molar-refractivity contribution in [3.05, 3.63) is 30.0 Å². The first-order chi connectivity index (χ1) is 10.6. The van der Waals surface area contributed by atoms with Crippen LogP contribution in [0.3, 0.4) is 0 Å². The highest BCUT2D eigenvalue weighted by Gasteiger charge is 2.35. The number of nitriles is 1. The lowest BCUT2D eigenvalue weighted by Gasteiger charge is -2.23. The smallest absolute Gasteiger partial charge is 0.258 e. The molecule has 1 heterocycles. The molecule has 0 aliphatic heterocycles. The quantitative estimate of drug-likeness (QED) is 0.850. The van der Waals surface area contributed by atoms with Gasteiger partial charge in [-0.2, -0.15) is 5.26 Å². The SMILES string of the molecule is COc1ccc2occ(C(=O)N(CC(C)C#N)C3CC3)c2c1. The molecule has 114 valence electrons. The zero-order chi connectivity index (χ0) is 15.7. The third kappa shape index (κ3) is 2.64. The third-order valence-corrected chi connectivity index (χ3v) is 3.95. The first-order valence-corrected chi connectivity index (χ1v) is 7.40. The molecule has 1 amide bonds. The van der Waals surface area contributed by atoms with E-state index in [4.69, 9.17) is 14.4 Å². The largest absolute Gasteiger partial charge is 0.497 e. The van der Waals surface area contributed by atoms with Gasteiger partial charge in [0.05, 0.1) is 24.7 Å². The van der Waals surface area contributed by atoms with E-state index >= 15 is 0 Å². The summed E-state index contributed by atoms with van der Waals surface area (Å²) in [7, 11) is 1.59. The molecule has 0 bridgehead atoms. The topological polar surface area (TPSA) is 66.5 Å². The highest BCUT2D eigenvalue weighted by atomic mass is 16.5. The molecule has 0 saturated heterocycles. The number of hydrogen-bond acceptors (Lipinski definition) is 4. The Labute approximate surface area is 129 Å². The van der Waals surface area contributed by atoms with Crippen LogP contribution in [-0.2, 0) is 0 Å². The third-order valence-electron chi connectivity index (χ3n) is 3.95. The molecular formula is C17H18N2O3. The van der Waals surface area contributed by atoms with Gasteiger partial charge in [-0.1, -0.05) is 0 Å². The molecule has 0 spiro atoms. The first kappa shape index (κ1) is 14.5. The highest BCUT2D eigenvalue weighted by Crippen LogP contribution is 2.32. The van der Waals surface area contributed by atoms with Crippen molar-refractivity contribution in [1.82, 2.24) is 4.90 Å². The Morgan fingerprint density at radius 1 is 1.55 bits per heavy atom. The van der Waals surface area contributed by atoms with Crippen LogP contribution < -0.4 is 4.74 Å². The van der Waals surface area contributed by atoms with Crippen molar-refractivity contribution >= 4 is 16.9 Å². The van der Waals surface area contributed by atoms with E-state index in [1.807, 2.05) is 13.0 Å². The summed E-state index contributed by atoms with van der Waals surface area (Å²) in [5, 5.41) is 9.76. The molecule has 1 aliphatic carbocycles. The Kier molecular flexibility index (Phi) is 3.76. The number of methoxy groups -OCH3 is 1. The molecule has 1 aliphatic rings.